The second-order valence-electron chi connectivity index (χ2n) is 3.19. The van der Waals surface area contributed by atoms with Gasteiger partial charge in [-0.05, 0) is 17.7 Å². The van der Waals surface area contributed by atoms with Crippen LogP contribution in [-0.2, 0) is 16.6 Å². The second kappa shape index (κ2) is 3.98. The summed E-state index contributed by atoms with van der Waals surface area (Å²) in [5.74, 6) is 0.143. The molecule has 5 heteroatoms. The first kappa shape index (κ1) is 11.0. The molecule has 1 aromatic carbocycles. The van der Waals surface area contributed by atoms with Crippen LogP contribution in [0.3, 0.4) is 0 Å². The molecule has 14 heavy (non-hydrogen) atoms. The van der Waals surface area contributed by atoms with Gasteiger partial charge in [0, 0.05) is 13.6 Å². The van der Waals surface area contributed by atoms with Gasteiger partial charge >= 0.3 is 0 Å². The maximum absolute atomic E-state index is 11.1. The van der Waals surface area contributed by atoms with Gasteiger partial charge in [0.05, 0.1) is 6.26 Å². The van der Waals surface area contributed by atoms with Gasteiger partial charge in [-0.15, -0.1) is 0 Å². The number of aromatic hydroxyl groups is 1. The summed E-state index contributed by atoms with van der Waals surface area (Å²) >= 11 is 0. The zero-order chi connectivity index (χ0) is 10.8. The third-order valence-corrected chi connectivity index (χ3v) is 3.14. The Morgan fingerprint density at radius 3 is 2.57 bits per heavy atom. The van der Waals surface area contributed by atoms with Crippen molar-refractivity contribution < 1.29 is 13.5 Å². The summed E-state index contributed by atoms with van der Waals surface area (Å²) in [7, 11) is -1.66. The largest absolute Gasteiger partial charge is 0.508 e. The van der Waals surface area contributed by atoms with E-state index in [4.69, 9.17) is 5.11 Å². The van der Waals surface area contributed by atoms with Gasteiger partial charge in [-0.3, -0.25) is 0 Å². The van der Waals surface area contributed by atoms with Gasteiger partial charge in [0.1, 0.15) is 5.75 Å². The van der Waals surface area contributed by atoms with Gasteiger partial charge in [0.25, 0.3) is 0 Å². The molecule has 0 saturated carbocycles. The molecule has 1 aromatic rings. The third-order valence-electron chi connectivity index (χ3n) is 1.88. The molecule has 0 spiro atoms. The Balaban J connectivity index is 2.80. The van der Waals surface area contributed by atoms with E-state index < -0.39 is 10.0 Å². The van der Waals surface area contributed by atoms with Gasteiger partial charge in [-0.2, -0.15) is 0 Å². The minimum Gasteiger partial charge on any atom is -0.508 e. The lowest BCUT2D eigenvalue weighted by atomic mass is 10.2. The van der Waals surface area contributed by atoms with Crippen LogP contribution in [0.2, 0.25) is 0 Å². The van der Waals surface area contributed by atoms with Crippen LogP contribution in [0.1, 0.15) is 5.56 Å². The molecule has 0 saturated heterocycles. The fourth-order valence-electron chi connectivity index (χ4n) is 1.03. The minimum absolute atomic E-state index is 0.143. The molecule has 0 atom stereocenters. The van der Waals surface area contributed by atoms with Crippen LogP contribution < -0.4 is 0 Å². The van der Waals surface area contributed by atoms with E-state index in [9.17, 15) is 8.42 Å². The Bertz CT molecular complexity index is 414. The quantitative estimate of drug-likeness (QED) is 0.810. The van der Waals surface area contributed by atoms with E-state index in [0.29, 0.717) is 0 Å². The molecular formula is C9H13NO3S. The highest BCUT2D eigenvalue weighted by molar-refractivity contribution is 7.88. The molecule has 0 bridgehead atoms. The van der Waals surface area contributed by atoms with Crippen molar-refractivity contribution in [1.82, 2.24) is 4.31 Å². The molecule has 0 fully saturated rings. The number of hydrogen-bond donors (Lipinski definition) is 1. The number of phenols is 1. The topological polar surface area (TPSA) is 57.6 Å². The number of sulfonamides is 1. The minimum atomic E-state index is -3.16. The highest BCUT2D eigenvalue weighted by atomic mass is 32.2. The number of hydrogen-bond acceptors (Lipinski definition) is 3. The van der Waals surface area contributed by atoms with E-state index in [1.165, 1.54) is 11.4 Å². The average Bonchev–Trinajstić information content (AvgIpc) is 2.02. The molecule has 1 N–H and O–H groups in total. The summed E-state index contributed by atoms with van der Waals surface area (Å²) in [6.45, 7) is 0.271. The first-order chi connectivity index (χ1) is 6.39. The summed E-state index contributed by atoms with van der Waals surface area (Å²) in [6.07, 6.45) is 1.15. The van der Waals surface area contributed by atoms with Gasteiger partial charge in [0.2, 0.25) is 10.0 Å². The molecule has 0 amide bonds. The summed E-state index contributed by atoms with van der Waals surface area (Å²) < 4.78 is 23.4. The van der Waals surface area contributed by atoms with Crippen LogP contribution in [0.5, 0.6) is 5.75 Å². The fourth-order valence-corrected chi connectivity index (χ4v) is 1.41. The van der Waals surface area contributed by atoms with Crippen molar-refractivity contribution >= 4 is 10.0 Å². The van der Waals surface area contributed by atoms with E-state index in [2.05, 4.69) is 0 Å². The van der Waals surface area contributed by atoms with Gasteiger partial charge < -0.3 is 5.11 Å². The zero-order valence-corrected chi connectivity index (χ0v) is 8.95. The maximum atomic E-state index is 11.1. The summed E-state index contributed by atoms with van der Waals surface area (Å²) in [5.41, 5.74) is 0.762. The van der Waals surface area contributed by atoms with Crippen molar-refractivity contribution in [2.45, 2.75) is 6.54 Å². The van der Waals surface area contributed by atoms with E-state index in [1.54, 1.807) is 24.3 Å². The predicted octanol–water partition coefficient (Wildman–Crippen LogP) is 0.784. The van der Waals surface area contributed by atoms with Gasteiger partial charge in [0.15, 0.2) is 0 Å². The van der Waals surface area contributed by atoms with E-state index in [1.807, 2.05) is 0 Å². The average molecular weight is 215 g/mol. The van der Waals surface area contributed by atoms with Crippen LogP contribution in [0.4, 0.5) is 0 Å². The van der Waals surface area contributed by atoms with E-state index in [-0.39, 0.29) is 12.3 Å². The molecule has 0 aliphatic rings. The third kappa shape index (κ3) is 3.01. The van der Waals surface area contributed by atoms with E-state index in [0.717, 1.165) is 11.8 Å². The summed E-state index contributed by atoms with van der Waals surface area (Å²) in [5, 5.41) is 9.16. The zero-order valence-electron chi connectivity index (χ0n) is 8.14. The lowest BCUT2D eigenvalue weighted by Crippen LogP contribution is -2.24. The molecule has 0 heterocycles. The summed E-state index contributed by atoms with van der Waals surface area (Å²) in [4.78, 5) is 0. The first-order valence-electron chi connectivity index (χ1n) is 4.09. The summed E-state index contributed by atoms with van der Waals surface area (Å²) in [6, 6.07) is 6.54. The second-order valence-corrected chi connectivity index (χ2v) is 5.28. The van der Waals surface area contributed by atoms with Crippen molar-refractivity contribution in [3.8, 4) is 5.75 Å². The molecule has 1 rings (SSSR count). The molecule has 4 nitrogen and oxygen atoms in total. The highest BCUT2D eigenvalue weighted by Crippen LogP contribution is 2.13. The van der Waals surface area contributed by atoms with Crippen molar-refractivity contribution in [2.24, 2.45) is 0 Å². The molecular weight excluding hydrogens is 202 g/mol. The van der Waals surface area contributed by atoms with Crippen molar-refractivity contribution in [2.75, 3.05) is 13.3 Å². The SMILES string of the molecule is CN(Cc1cccc(O)c1)S(C)(=O)=O. The van der Waals surface area contributed by atoms with Crippen LogP contribution in [0.25, 0.3) is 0 Å². The maximum Gasteiger partial charge on any atom is 0.211 e. The monoisotopic (exact) mass is 215 g/mol. The molecule has 0 aliphatic heterocycles. The molecule has 0 aromatic heterocycles. The van der Waals surface area contributed by atoms with Crippen LogP contribution in [-0.4, -0.2) is 31.1 Å². The predicted molar refractivity (Wildman–Crippen MR) is 54.4 cm³/mol. The number of rotatable bonds is 3. The molecule has 0 radical (unpaired) electrons. The Morgan fingerprint density at radius 2 is 2.07 bits per heavy atom. The number of benzene rings is 1. The van der Waals surface area contributed by atoms with Crippen LogP contribution in [0.15, 0.2) is 24.3 Å². The van der Waals surface area contributed by atoms with Crippen molar-refractivity contribution in [1.29, 1.82) is 0 Å². The first-order valence-corrected chi connectivity index (χ1v) is 5.93. The Labute approximate surface area is 83.8 Å². The number of nitrogens with zero attached hydrogens (tertiary/aromatic N) is 1. The lowest BCUT2D eigenvalue weighted by Gasteiger charge is -2.13. The smallest absolute Gasteiger partial charge is 0.211 e. The molecule has 0 aliphatic carbocycles. The van der Waals surface area contributed by atoms with Gasteiger partial charge in [-0.1, -0.05) is 12.1 Å². The molecule has 78 valence electrons. The normalized spacial score (nSPS) is 11.9. The van der Waals surface area contributed by atoms with Crippen LogP contribution >= 0.6 is 0 Å². The Morgan fingerprint density at radius 1 is 1.43 bits per heavy atom. The van der Waals surface area contributed by atoms with Crippen LogP contribution in [0, 0.1) is 0 Å². The Kier molecular flexibility index (Phi) is 3.13. The van der Waals surface area contributed by atoms with Gasteiger partial charge in [-0.25, -0.2) is 12.7 Å². The highest BCUT2D eigenvalue weighted by Gasteiger charge is 2.10. The lowest BCUT2D eigenvalue weighted by molar-refractivity contribution is 0.461. The number of phenolic OH excluding ortho intramolecular Hbond substituents is 1. The standard InChI is InChI=1S/C9H13NO3S/c1-10(14(2,12)13)7-8-4-3-5-9(11)6-8/h3-6,11H,7H2,1-2H3. The Hall–Kier alpha value is -1.07. The van der Waals surface area contributed by atoms with Crippen molar-refractivity contribution in [3.05, 3.63) is 29.8 Å². The molecule has 0 unspecified atom stereocenters. The fraction of sp³-hybridized carbons (Fsp3) is 0.333. The van der Waals surface area contributed by atoms with E-state index >= 15 is 0 Å². The van der Waals surface area contributed by atoms with Crippen molar-refractivity contribution in [3.63, 3.8) is 0 Å².